The summed E-state index contributed by atoms with van der Waals surface area (Å²) in [5.74, 6) is 0.125. The van der Waals surface area contributed by atoms with Gasteiger partial charge in [-0.3, -0.25) is 9.69 Å². The summed E-state index contributed by atoms with van der Waals surface area (Å²) >= 11 is 0. The Morgan fingerprint density at radius 2 is 1.76 bits per heavy atom. The van der Waals surface area contributed by atoms with Crippen LogP contribution in [0.1, 0.15) is 11.1 Å². The number of nitrogens with one attached hydrogen (secondary N) is 1. The summed E-state index contributed by atoms with van der Waals surface area (Å²) < 4.78 is 0. The first-order valence-corrected chi connectivity index (χ1v) is 9.05. The number of benzene rings is 2. The van der Waals surface area contributed by atoms with E-state index in [0.29, 0.717) is 13.1 Å². The molecule has 2 aromatic rings. The normalized spacial score (nSPS) is 15.2. The standard InChI is InChI=1S/C21H27N3O/c1-18-6-5-9-20(16-18)24-14-12-23(13-15-24)17-21(25)22-11-10-19-7-3-2-4-8-19/h2-9,16H,10-15,17H2,1H3,(H,22,25). The van der Waals surface area contributed by atoms with Gasteiger partial charge in [0.25, 0.3) is 0 Å². The topological polar surface area (TPSA) is 35.6 Å². The minimum Gasteiger partial charge on any atom is -0.369 e. The molecule has 3 rings (SSSR count). The minimum absolute atomic E-state index is 0.125. The lowest BCUT2D eigenvalue weighted by molar-refractivity contribution is -0.122. The van der Waals surface area contributed by atoms with Crippen LogP contribution in [0.2, 0.25) is 0 Å². The molecular formula is C21H27N3O. The van der Waals surface area contributed by atoms with E-state index in [1.165, 1.54) is 16.8 Å². The maximum absolute atomic E-state index is 12.1. The van der Waals surface area contributed by atoms with Gasteiger partial charge in [0.05, 0.1) is 6.54 Å². The molecule has 1 saturated heterocycles. The van der Waals surface area contributed by atoms with Crippen molar-refractivity contribution in [2.24, 2.45) is 0 Å². The van der Waals surface area contributed by atoms with Gasteiger partial charge in [-0.2, -0.15) is 0 Å². The van der Waals surface area contributed by atoms with E-state index >= 15 is 0 Å². The van der Waals surface area contributed by atoms with Gasteiger partial charge in [0.15, 0.2) is 0 Å². The van der Waals surface area contributed by atoms with Crippen molar-refractivity contribution >= 4 is 11.6 Å². The summed E-state index contributed by atoms with van der Waals surface area (Å²) in [6.07, 6.45) is 0.883. The van der Waals surface area contributed by atoms with Gasteiger partial charge in [-0.25, -0.2) is 0 Å². The fourth-order valence-electron chi connectivity index (χ4n) is 3.24. The quantitative estimate of drug-likeness (QED) is 0.880. The number of nitrogens with zero attached hydrogens (tertiary/aromatic N) is 2. The second-order valence-electron chi connectivity index (χ2n) is 6.69. The molecule has 0 unspecified atom stereocenters. The van der Waals surface area contributed by atoms with Crippen molar-refractivity contribution in [3.05, 3.63) is 65.7 Å². The third kappa shape index (κ3) is 5.33. The zero-order chi connectivity index (χ0) is 17.5. The van der Waals surface area contributed by atoms with Crippen molar-refractivity contribution in [1.82, 2.24) is 10.2 Å². The first kappa shape index (κ1) is 17.5. The van der Waals surface area contributed by atoms with Crippen molar-refractivity contribution in [3.8, 4) is 0 Å². The van der Waals surface area contributed by atoms with E-state index in [-0.39, 0.29) is 5.91 Å². The number of amides is 1. The summed E-state index contributed by atoms with van der Waals surface area (Å²) in [5.41, 5.74) is 3.83. The molecule has 0 bridgehead atoms. The number of aryl methyl sites for hydroxylation is 1. The predicted octanol–water partition coefficient (Wildman–Crippen LogP) is 2.48. The average Bonchev–Trinajstić information content (AvgIpc) is 2.63. The maximum Gasteiger partial charge on any atom is 0.234 e. The summed E-state index contributed by atoms with van der Waals surface area (Å²) in [4.78, 5) is 16.8. The molecule has 1 amide bonds. The summed E-state index contributed by atoms with van der Waals surface area (Å²) in [6, 6.07) is 18.9. The van der Waals surface area contributed by atoms with Crippen molar-refractivity contribution in [1.29, 1.82) is 0 Å². The van der Waals surface area contributed by atoms with Crippen molar-refractivity contribution in [2.45, 2.75) is 13.3 Å². The third-order valence-electron chi connectivity index (χ3n) is 4.68. The van der Waals surface area contributed by atoms with E-state index in [4.69, 9.17) is 0 Å². The van der Waals surface area contributed by atoms with Crippen LogP contribution in [0, 0.1) is 6.92 Å². The van der Waals surface area contributed by atoms with Gasteiger partial charge in [-0.1, -0.05) is 42.5 Å². The molecule has 1 fully saturated rings. The summed E-state index contributed by atoms with van der Waals surface area (Å²) in [5, 5.41) is 3.03. The lowest BCUT2D eigenvalue weighted by Gasteiger charge is -2.35. The highest BCUT2D eigenvalue weighted by molar-refractivity contribution is 5.78. The van der Waals surface area contributed by atoms with Crippen LogP contribution in [0.25, 0.3) is 0 Å². The van der Waals surface area contributed by atoms with Crippen molar-refractivity contribution in [2.75, 3.05) is 44.2 Å². The van der Waals surface area contributed by atoms with E-state index in [1.807, 2.05) is 18.2 Å². The molecule has 0 spiro atoms. The number of piperazine rings is 1. The van der Waals surface area contributed by atoms with Crippen LogP contribution in [0.15, 0.2) is 54.6 Å². The number of carbonyl (C=O) groups excluding carboxylic acids is 1. The number of rotatable bonds is 6. The van der Waals surface area contributed by atoms with Gasteiger partial charge in [0.2, 0.25) is 5.91 Å². The Bertz CT molecular complexity index is 679. The average molecular weight is 337 g/mol. The highest BCUT2D eigenvalue weighted by atomic mass is 16.2. The maximum atomic E-state index is 12.1. The second-order valence-corrected chi connectivity index (χ2v) is 6.69. The Morgan fingerprint density at radius 3 is 2.48 bits per heavy atom. The minimum atomic E-state index is 0.125. The molecule has 25 heavy (non-hydrogen) atoms. The fraction of sp³-hybridized carbons (Fsp3) is 0.381. The SMILES string of the molecule is Cc1cccc(N2CCN(CC(=O)NCCc3ccccc3)CC2)c1. The van der Waals surface area contributed by atoms with Crippen LogP contribution in [0.5, 0.6) is 0 Å². The van der Waals surface area contributed by atoms with Crippen LogP contribution in [-0.2, 0) is 11.2 Å². The van der Waals surface area contributed by atoms with E-state index < -0.39 is 0 Å². The Labute approximate surface area is 150 Å². The zero-order valence-corrected chi connectivity index (χ0v) is 14.9. The Kier molecular flexibility index (Phi) is 6.07. The molecule has 0 saturated carbocycles. The predicted molar refractivity (Wildman–Crippen MR) is 103 cm³/mol. The fourth-order valence-corrected chi connectivity index (χ4v) is 3.24. The molecule has 1 aliphatic heterocycles. The molecule has 4 heteroatoms. The van der Waals surface area contributed by atoms with Crippen LogP contribution >= 0.6 is 0 Å². The van der Waals surface area contributed by atoms with Crippen molar-refractivity contribution in [3.63, 3.8) is 0 Å². The number of hydrogen-bond acceptors (Lipinski definition) is 3. The van der Waals surface area contributed by atoms with Crippen LogP contribution in [-0.4, -0.2) is 50.1 Å². The zero-order valence-electron chi connectivity index (χ0n) is 14.9. The van der Waals surface area contributed by atoms with Crippen molar-refractivity contribution < 1.29 is 4.79 Å². The van der Waals surface area contributed by atoms with E-state index in [1.54, 1.807) is 0 Å². The molecule has 0 atom stereocenters. The summed E-state index contributed by atoms with van der Waals surface area (Å²) in [7, 11) is 0. The molecule has 132 valence electrons. The van der Waals surface area contributed by atoms with Gasteiger partial charge >= 0.3 is 0 Å². The molecular weight excluding hydrogens is 310 g/mol. The Balaban J connectivity index is 1.37. The second kappa shape index (κ2) is 8.67. The third-order valence-corrected chi connectivity index (χ3v) is 4.68. The summed E-state index contributed by atoms with van der Waals surface area (Å²) in [6.45, 7) is 7.13. The molecule has 1 heterocycles. The molecule has 2 aromatic carbocycles. The first-order valence-electron chi connectivity index (χ1n) is 9.05. The first-order chi connectivity index (χ1) is 12.2. The monoisotopic (exact) mass is 337 g/mol. The van der Waals surface area contributed by atoms with Gasteiger partial charge in [-0.15, -0.1) is 0 Å². The van der Waals surface area contributed by atoms with Gasteiger partial charge in [-0.05, 0) is 36.6 Å². The number of carbonyl (C=O) groups is 1. The Morgan fingerprint density at radius 1 is 1.00 bits per heavy atom. The number of hydrogen-bond donors (Lipinski definition) is 1. The van der Waals surface area contributed by atoms with Gasteiger partial charge in [0, 0.05) is 38.4 Å². The molecule has 1 N–H and O–H groups in total. The molecule has 1 aliphatic rings. The van der Waals surface area contributed by atoms with E-state index in [9.17, 15) is 4.79 Å². The highest BCUT2D eigenvalue weighted by Crippen LogP contribution is 2.17. The number of anilines is 1. The highest BCUT2D eigenvalue weighted by Gasteiger charge is 2.19. The largest absolute Gasteiger partial charge is 0.369 e. The van der Waals surface area contributed by atoms with Gasteiger partial charge in [0.1, 0.15) is 0 Å². The van der Waals surface area contributed by atoms with Crippen LogP contribution < -0.4 is 10.2 Å². The smallest absolute Gasteiger partial charge is 0.234 e. The van der Waals surface area contributed by atoms with E-state index in [2.05, 4.69) is 58.4 Å². The van der Waals surface area contributed by atoms with Gasteiger partial charge < -0.3 is 10.2 Å². The Hall–Kier alpha value is -2.33. The molecule has 0 aromatic heterocycles. The van der Waals surface area contributed by atoms with Crippen LogP contribution in [0.3, 0.4) is 0 Å². The van der Waals surface area contributed by atoms with Crippen LogP contribution in [0.4, 0.5) is 5.69 Å². The molecule has 0 radical (unpaired) electrons. The lowest BCUT2D eigenvalue weighted by atomic mass is 10.1. The molecule has 4 nitrogen and oxygen atoms in total. The van der Waals surface area contributed by atoms with E-state index in [0.717, 1.165) is 32.6 Å². The molecule has 0 aliphatic carbocycles. The lowest BCUT2D eigenvalue weighted by Crippen LogP contribution is -2.49.